The molecule has 0 saturated heterocycles. The Kier molecular flexibility index (Phi) is 7.50. The number of ether oxygens (including phenoxy) is 3. The molecule has 0 unspecified atom stereocenters. The smallest absolute Gasteiger partial charge is 0.132 e. The minimum Gasteiger partial charge on any atom is -0.490 e. The molecular formula is C28H33N7O3. The highest BCUT2D eigenvalue weighted by atomic mass is 16.5. The third-order valence-corrected chi connectivity index (χ3v) is 6.92. The summed E-state index contributed by atoms with van der Waals surface area (Å²) in [5, 5.41) is 20.5. The van der Waals surface area contributed by atoms with Crippen molar-refractivity contribution in [2.75, 3.05) is 26.4 Å². The van der Waals surface area contributed by atoms with Gasteiger partial charge in [-0.2, -0.15) is 5.10 Å². The first kappa shape index (κ1) is 24.4. The van der Waals surface area contributed by atoms with Crippen molar-refractivity contribution < 1.29 is 14.2 Å². The van der Waals surface area contributed by atoms with Crippen molar-refractivity contribution in [2.45, 2.75) is 44.8 Å². The van der Waals surface area contributed by atoms with Crippen molar-refractivity contribution in [1.29, 1.82) is 0 Å². The maximum absolute atomic E-state index is 6.02. The van der Waals surface area contributed by atoms with Crippen LogP contribution in [-0.4, -0.2) is 62.4 Å². The molecule has 38 heavy (non-hydrogen) atoms. The molecule has 198 valence electrons. The molecule has 6 rings (SSSR count). The zero-order valence-corrected chi connectivity index (χ0v) is 21.4. The number of nitrogens with one attached hydrogen (secondary N) is 3. The zero-order chi connectivity index (χ0) is 25.6. The van der Waals surface area contributed by atoms with E-state index in [4.69, 9.17) is 14.2 Å². The predicted molar refractivity (Wildman–Crippen MR) is 145 cm³/mol. The molecule has 0 spiro atoms. The zero-order valence-electron chi connectivity index (χ0n) is 21.4. The molecule has 10 nitrogen and oxygen atoms in total. The van der Waals surface area contributed by atoms with Crippen molar-refractivity contribution in [3.8, 4) is 17.2 Å². The van der Waals surface area contributed by atoms with Crippen molar-refractivity contribution in [3.05, 3.63) is 60.9 Å². The Bertz CT molecular complexity index is 1460. The van der Waals surface area contributed by atoms with Gasteiger partial charge in [-0.05, 0) is 69.0 Å². The number of aromatic nitrogens is 6. The standard InChI is InChI=1S/C28H33N7O3/c1(8-29-16-21-12-20-13-24(6-7-26(20)33-21)38-23-4-3-5-23)2-9-36-10-11-37-28-15-22(35-18-31-32-19-35)14-27-25(28)17-30-34-27/h6-7,12-15,17-19,23,29,33H,1-5,8-11,16H2,(H,30,34). The minimum absolute atomic E-state index is 0.403. The maximum atomic E-state index is 6.02. The molecule has 0 aliphatic heterocycles. The highest BCUT2D eigenvalue weighted by Crippen LogP contribution is 2.29. The number of hydrogen-bond acceptors (Lipinski definition) is 7. The summed E-state index contributed by atoms with van der Waals surface area (Å²) in [6, 6.07) is 12.5. The van der Waals surface area contributed by atoms with Gasteiger partial charge in [0.1, 0.15) is 30.8 Å². The van der Waals surface area contributed by atoms with Gasteiger partial charge in [0, 0.05) is 35.8 Å². The van der Waals surface area contributed by atoms with Gasteiger partial charge >= 0.3 is 0 Å². The molecule has 0 atom stereocenters. The Morgan fingerprint density at radius 1 is 0.974 bits per heavy atom. The lowest BCUT2D eigenvalue weighted by Gasteiger charge is -2.26. The molecule has 1 aliphatic carbocycles. The Balaban J connectivity index is 0.868. The van der Waals surface area contributed by atoms with Crippen LogP contribution in [0.3, 0.4) is 0 Å². The van der Waals surface area contributed by atoms with Gasteiger partial charge in [-0.15, -0.1) is 10.2 Å². The highest BCUT2D eigenvalue weighted by molar-refractivity contribution is 5.86. The summed E-state index contributed by atoms with van der Waals surface area (Å²) in [5.41, 5.74) is 4.15. The number of fused-ring (bicyclic) bond motifs is 2. The van der Waals surface area contributed by atoms with E-state index in [1.54, 1.807) is 18.9 Å². The van der Waals surface area contributed by atoms with Gasteiger partial charge in [-0.3, -0.25) is 9.67 Å². The maximum Gasteiger partial charge on any atom is 0.132 e. The summed E-state index contributed by atoms with van der Waals surface area (Å²) in [4.78, 5) is 3.49. The topological polar surface area (TPSA) is 115 Å². The number of unbranched alkanes of at least 4 members (excludes halogenated alkanes) is 1. The van der Waals surface area contributed by atoms with Crippen molar-refractivity contribution >= 4 is 21.8 Å². The van der Waals surface area contributed by atoms with Crippen LogP contribution in [0.4, 0.5) is 0 Å². The van der Waals surface area contributed by atoms with Crippen LogP contribution in [0.25, 0.3) is 27.5 Å². The number of nitrogens with zero attached hydrogens (tertiary/aromatic N) is 4. The first-order valence-corrected chi connectivity index (χ1v) is 13.3. The molecule has 2 aromatic carbocycles. The van der Waals surface area contributed by atoms with E-state index in [1.807, 2.05) is 16.7 Å². The van der Waals surface area contributed by atoms with E-state index in [0.717, 1.165) is 59.5 Å². The van der Waals surface area contributed by atoms with Crippen LogP contribution in [0.2, 0.25) is 0 Å². The van der Waals surface area contributed by atoms with Gasteiger partial charge in [0.2, 0.25) is 0 Å². The third-order valence-electron chi connectivity index (χ3n) is 6.92. The van der Waals surface area contributed by atoms with E-state index >= 15 is 0 Å². The molecule has 1 fully saturated rings. The van der Waals surface area contributed by atoms with Gasteiger partial charge in [-0.25, -0.2) is 0 Å². The molecule has 3 aromatic heterocycles. The molecule has 1 saturated carbocycles. The predicted octanol–water partition coefficient (Wildman–Crippen LogP) is 4.52. The van der Waals surface area contributed by atoms with Crippen LogP contribution in [-0.2, 0) is 11.3 Å². The van der Waals surface area contributed by atoms with Gasteiger partial charge in [-0.1, -0.05) is 0 Å². The fourth-order valence-corrected chi connectivity index (χ4v) is 4.62. The third kappa shape index (κ3) is 5.81. The fraction of sp³-hybridized carbons (Fsp3) is 0.393. The molecule has 0 bridgehead atoms. The van der Waals surface area contributed by atoms with Crippen LogP contribution >= 0.6 is 0 Å². The second kappa shape index (κ2) is 11.7. The van der Waals surface area contributed by atoms with E-state index in [1.165, 1.54) is 30.3 Å². The average Bonchev–Trinajstić information content (AvgIpc) is 3.67. The lowest BCUT2D eigenvalue weighted by Crippen LogP contribution is -2.24. The fourth-order valence-electron chi connectivity index (χ4n) is 4.62. The van der Waals surface area contributed by atoms with Crippen molar-refractivity contribution in [1.82, 2.24) is 35.3 Å². The summed E-state index contributed by atoms with van der Waals surface area (Å²) in [7, 11) is 0. The Hall–Kier alpha value is -3.89. The molecule has 0 amide bonds. The van der Waals surface area contributed by atoms with Gasteiger partial charge in [0.25, 0.3) is 0 Å². The first-order valence-electron chi connectivity index (χ1n) is 13.3. The number of benzene rings is 2. The Morgan fingerprint density at radius 3 is 2.76 bits per heavy atom. The molecular weight excluding hydrogens is 482 g/mol. The van der Waals surface area contributed by atoms with Crippen LogP contribution < -0.4 is 14.8 Å². The van der Waals surface area contributed by atoms with Crippen molar-refractivity contribution in [2.24, 2.45) is 0 Å². The monoisotopic (exact) mass is 515 g/mol. The van der Waals surface area contributed by atoms with Crippen LogP contribution in [0.5, 0.6) is 11.5 Å². The quantitative estimate of drug-likeness (QED) is 0.186. The van der Waals surface area contributed by atoms with Crippen LogP contribution in [0.1, 0.15) is 37.8 Å². The van der Waals surface area contributed by atoms with Crippen LogP contribution in [0.15, 0.2) is 55.2 Å². The summed E-state index contributed by atoms with van der Waals surface area (Å²) < 4.78 is 19.7. The largest absolute Gasteiger partial charge is 0.490 e. The molecule has 0 radical (unpaired) electrons. The van der Waals surface area contributed by atoms with Gasteiger partial charge in [0.15, 0.2) is 0 Å². The molecule has 5 aromatic rings. The van der Waals surface area contributed by atoms with E-state index in [-0.39, 0.29) is 0 Å². The Morgan fingerprint density at radius 2 is 1.89 bits per heavy atom. The van der Waals surface area contributed by atoms with Gasteiger partial charge < -0.3 is 24.5 Å². The highest BCUT2D eigenvalue weighted by Gasteiger charge is 2.19. The van der Waals surface area contributed by atoms with Crippen LogP contribution in [0, 0.1) is 0 Å². The molecule has 3 heterocycles. The molecule has 10 heteroatoms. The van der Waals surface area contributed by atoms with Crippen molar-refractivity contribution in [3.63, 3.8) is 0 Å². The first-order chi connectivity index (χ1) is 18.8. The molecule has 3 N–H and O–H groups in total. The number of hydrogen-bond donors (Lipinski definition) is 3. The summed E-state index contributed by atoms with van der Waals surface area (Å²) in [6.45, 7) is 3.48. The normalized spacial score (nSPS) is 13.8. The summed E-state index contributed by atoms with van der Waals surface area (Å²) >= 11 is 0. The summed E-state index contributed by atoms with van der Waals surface area (Å²) in [6.07, 6.45) is 11.2. The average molecular weight is 516 g/mol. The lowest BCUT2D eigenvalue weighted by molar-refractivity contribution is 0.0979. The van der Waals surface area contributed by atoms with Gasteiger partial charge in [0.05, 0.1) is 35.5 Å². The van der Waals surface area contributed by atoms with E-state index in [2.05, 4.69) is 55.0 Å². The SMILES string of the molecule is c1cc2[nH]c(CNCCCCOCCOc3cc(-n4cnnc4)cc4[nH]ncc34)cc2cc1OC1CCC1. The number of rotatable bonds is 14. The second-order valence-electron chi connectivity index (χ2n) is 9.70. The van der Waals surface area contributed by atoms with E-state index in [0.29, 0.717) is 25.9 Å². The minimum atomic E-state index is 0.403. The Labute approximate surface area is 220 Å². The number of H-pyrrole nitrogens is 2. The van der Waals surface area contributed by atoms with E-state index in [9.17, 15) is 0 Å². The number of aromatic amines is 2. The van der Waals surface area contributed by atoms with E-state index < -0.39 is 0 Å². The second-order valence-corrected chi connectivity index (χ2v) is 9.70. The lowest BCUT2D eigenvalue weighted by atomic mass is 9.96. The molecule has 1 aliphatic rings. The summed E-state index contributed by atoms with van der Waals surface area (Å²) in [5.74, 6) is 1.73.